The predicted molar refractivity (Wildman–Crippen MR) is 74.3 cm³/mol. The average molecular weight is 263 g/mol. The summed E-state index contributed by atoms with van der Waals surface area (Å²) < 4.78 is 0. The summed E-state index contributed by atoms with van der Waals surface area (Å²) in [7, 11) is 0. The number of nitrogens with one attached hydrogen (secondary N) is 1. The summed E-state index contributed by atoms with van der Waals surface area (Å²) in [5.41, 5.74) is 1.24. The van der Waals surface area contributed by atoms with E-state index in [-0.39, 0.29) is 6.42 Å². The molecule has 0 aromatic carbocycles. The van der Waals surface area contributed by atoms with Gasteiger partial charge in [0.25, 0.3) is 0 Å². The first-order valence-corrected chi connectivity index (χ1v) is 6.86. The second-order valence-electron chi connectivity index (χ2n) is 4.92. The third-order valence-electron chi connectivity index (χ3n) is 3.52. The van der Waals surface area contributed by atoms with E-state index in [1.165, 1.54) is 5.69 Å². The predicted octanol–water partition coefficient (Wildman–Crippen LogP) is 1.50. The van der Waals surface area contributed by atoms with Gasteiger partial charge in [0.05, 0.1) is 0 Å². The van der Waals surface area contributed by atoms with Crippen molar-refractivity contribution in [1.82, 2.24) is 10.3 Å². The van der Waals surface area contributed by atoms with Gasteiger partial charge in [-0.1, -0.05) is 0 Å². The molecule has 1 saturated heterocycles. The smallest absolute Gasteiger partial charge is 0.303 e. The van der Waals surface area contributed by atoms with Crippen LogP contribution < -0.4 is 10.2 Å². The van der Waals surface area contributed by atoms with Crippen LogP contribution in [0.1, 0.15) is 25.7 Å². The number of rotatable bonds is 6. The van der Waals surface area contributed by atoms with Gasteiger partial charge in [-0.05, 0) is 37.9 Å². The minimum absolute atomic E-state index is 0.253. The number of piperidine rings is 1. The van der Waals surface area contributed by atoms with Crippen molar-refractivity contribution in [3.8, 4) is 0 Å². The number of nitrogens with zero attached hydrogens (tertiary/aromatic N) is 2. The summed E-state index contributed by atoms with van der Waals surface area (Å²) in [6, 6.07) is 4.60. The van der Waals surface area contributed by atoms with Crippen molar-refractivity contribution >= 4 is 11.7 Å². The van der Waals surface area contributed by atoms with Crippen LogP contribution in [0, 0.1) is 0 Å². The van der Waals surface area contributed by atoms with E-state index < -0.39 is 5.97 Å². The molecule has 0 aliphatic carbocycles. The van der Waals surface area contributed by atoms with Crippen LogP contribution in [-0.2, 0) is 4.79 Å². The highest BCUT2D eigenvalue weighted by atomic mass is 16.4. The fourth-order valence-electron chi connectivity index (χ4n) is 2.44. The number of carbonyl (C=O) groups is 1. The maximum Gasteiger partial charge on any atom is 0.303 e. The highest BCUT2D eigenvalue weighted by Gasteiger charge is 2.18. The summed E-state index contributed by atoms with van der Waals surface area (Å²) >= 11 is 0. The Labute approximate surface area is 113 Å². The average Bonchev–Trinajstić information content (AvgIpc) is 2.45. The van der Waals surface area contributed by atoms with Gasteiger partial charge in [0, 0.05) is 43.6 Å². The molecule has 0 radical (unpaired) electrons. The molecule has 2 heterocycles. The number of aromatic nitrogens is 1. The lowest BCUT2D eigenvalue weighted by Gasteiger charge is -2.34. The summed E-state index contributed by atoms with van der Waals surface area (Å²) in [6.45, 7) is 2.88. The molecule has 1 aromatic heterocycles. The molecule has 0 unspecified atom stereocenters. The van der Waals surface area contributed by atoms with Gasteiger partial charge in [0.15, 0.2) is 0 Å². The minimum Gasteiger partial charge on any atom is -0.481 e. The summed E-state index contributed by atoms with van der Waals surface area (Å²) in [6.07, 6.45) is 6.82. The number of pyridine rings is 1. The van der Waals surface area contributed by atoms with Gasteiger partial charge in [-0.2, -0.15) is 0 Å². The molecule has 1 aromatic rings. The standard InChI is InChI=1S/C14H21N3O2/c18-14(19)2-1-7-16-12-5-10-17(11-6-12)13-3-8-15-9-4-13/h3-4,8-9,12,16H,1-2,5-7,10-11H2,(H,18,19). The number of hydrogen-bond acceptors (Lipinski definition) is 4. The lowest BCUT2D eigenvalue weighted by Crippen LogP contribution is -2.42. The maximum absolute atomic E-state index is 10.4. The van der Waals surface area contributed by atoms with Crippen molar-refractivity contribution in [2.45, 2.75) is 31.7 Å². The number of hydrogen-bond donors (Lipinski definition) is 2. The molecule has 1 aliphatic heterocycles. The van der Waals surface area contributed by atoms with Crippen LogP contribution in [0.25, 0.3) is 0 Å². The molecule has 1 aliphatic rings. The van der Waals surface area contributed by atoms with E-state index in [0.29, 0.717) is 12.5 Å². The molecule has 0 bridgehead atoms. The van der Waals surface area contributed by atoms with E-state index in [9.17, 15) is 4.79 Å². The van der Waals surface area contributed by atoms with Crippen LogP contribution in [0.4, 0.5) is 5.69 Å². The Morgan fingerprint density at radius 2 is 2.05 bits per heavy atom. The molecule has 1 fully saturated rings. The van der Waals surface area contributed by atoms with Crippen LogP contribution >= 0.6 is 0 Å². The monoisotopic (exact) mass is 263 g/mol. The molecular formula is C14H21N3O2. The summed E-state index contributed by atoms with van der Waals surface area (Å²) in [5, 5.41) is 12.0. The molecule has 19 heavy (non-hydrogen) atoms. The van der Waals surface area contributed by atoms with E-state index in [1.807, 2.05) is 24.5 Å². The third-order valence-corrected chi connectivity index (χ3v) is 3.52. The lowest BCUT2D eigenvalue weighted by molar-refractivity contribution is -0.137. The Kier molecular flexibility index (Phi) is 5.15. The van der Waals surface area contributed by atoms with Gasteiger partial charge in [-0.15, -0.1) is 0 Å². The second-order valence-corrected chi connectivity index (χ2v) is 4.92. The molecule has 2 N–H and O–H groups in total. The third kappa shape index (κ3) is 4.52. The van der Waals surface area contributed by atoms with E-state index >= 15 is 0 Å². The largest absolute Gasteiger partial charge is 0.481 e. The zero-order valence-corrected chi connectivity index (χ0v) is 11.1. The molecule has 0 amide bonds. The zero-order chi connectivity index (χ0) is 13.5. The first kappa shape index (κ1) is 13.8. The SMILES string of the molecule is O=C(O)CCCNC1CCN(c2ccncc2)CC1. The van der Waals surface area contributed by atoms with Gasteiger partial charge in [0.1, 0.15) is 0 Å². The van der Waals surface area contributed by atoms with Gasteiger partial charge in [-0.25, -0.2) is 0 Å². The molecule has 104 valence electrons. The number of carboxylic acids is 1. The van der Waals surface area contributed by atoms with Gasteiger partial charge in [0.2, 0.25) is 0 Å². The summed E-state index contributed by atoms with van der Waals surface area (Å²) in [4.78, 5) is 16.8. The van der Waals surface area contributed by atoms with E-state index in [4.69, 9.17) is 5.11 Å². The normalized spacial score (nSPS) is 16.5. The van der Waals surface area contributed by atoms with Crippen LogP contribution in [0.2, 0.25) is 0 Å². The number of anilines is 1. The first-order chi connectivity index (χ1) is 9.25. The van der Waals surface area contributed by atoms with Gasteiger partial charge < -0.3 is 15.3 Å². The van der Waals surface area contributed by atoms with Crippen LogP contribution in [0.5, 0.6) is 0 Å². The van der Waals surface area contributed by atoms with Crippen molar-refractivity contribution < 1.29 is 9.90 Å². The molecule has 0 saturated carbocycles. The van der Waals surface area contributed by atoms with Crippen LogP contribution in [-0.4, -0.2) is 41.7 Å². The van der Waals surface area contributed by atoms with Crippen molar-refractivity contribution in [2.75, 3.05) is 24.5 Å². The lowest BCUT2D eigenvalue weighted by atomic mass is 10.0. The Bertz CT molecular complexity index is 389. The van der Waals surface area contributed by atoms with Gasteiger partial charge in [-0.3, -0.25) is 9.78 Å². The van der Waals surface area contributed by atoms with Crippen molar-refractivity contribution in [2.24, 2.45) is 0 Å². The molecule has 5 heteroatoms. The quantitative estimate of drug-likeness (QED) is 0.762. The molecule has 2 rings (SSSR count). The first-order valence-electron chi connectivity index (χ1n) is 6.86. The highest BCUT2D eigenvalue weighted by Crippen LogP contribution is 2.18. The molecule has 0 spiro atoms. The summed E-state index contributed by atoms with van der Waals surface area (Å²) in [5.74, 6) is -0.714. The Morgan fingerprint density at radius 1 is 1.37 bits per heavy atom. The molecule has 0 atom stereocenters. The van der Waals surface area contributed by atoms with Crippen LogP contribution in [0.15, 0.2) is 24.5 Å². The van der Waals surface area contributed by atoms with E-state index in [0.717, 1.165) is 32.5 Å². The van der Waals surface area contributed by atoms with Crippen molar-refractivity contribution in [3.05, 3.63) is 24.5 Å². The number of carboxylic acid groups (broad SMARTS) is 1. The Balaban J connectivity index is 1.67. The molecular weight excluding hydrogens is 242 g/mol. The zero-order valence-electron chi connectivity index (χ0n) is 11.1. The Hall–Kier alpha value is -1.62. The molecule has 5 nitrogen and oxygen atoms in total. The van der Waals surface area contributed by atoms with Crippen LogP contribution in [0.3, 0.4) is 0 Å². The second kappa shape index (κ2) is 7.09. The minimum atomic E-state index is -0.714. The number of aliphatic carboxylic acids is 1. The van der Waals surface area contributed by atoms with Crippen molar-refractivity contribution in [1.29, 1.82) is 0 Å². The van der Waals surface area contributed by atoms with Crippen molar-refractivity contribution in [3.63, 3.8) is 0 Å². The topological polar surface area (TPSA) is 65.5 Å². The highest BCUT2D eigenvalue weighted by molar-refractivity contribution is 5.66. The van der Waals surface area contributed by atoms with E-state index in [1.54, 1.807) is 0 Å². The maximum atomic E-state index is 10.4. The van der Waals surface area contributed by atoms with E-state index in [2.05, 4.69) is 15.2 Å². The fraction of sp³-hybridized carbons (Fsp3) is 0.571. The fourth-order valence-corrected chi connectivity index (χ4v) is 2.44. The Morgan fingerprint density at radius 3 is 2.68 bits per heavy atom. The van der Waals surface area contributed by atoms with Gasteiger partial charge >= 0.3 is 5.97 Å².